The van der Waals surface area contributed by atoms with Gasteiger partial charge in [0.05, 0.1) is 12.6 Å². The van der Waals surface area contributed by atoms with Gasteiger partial charge >= 0.3 is 0 Å². The zero-order chi connectivity index (χ0) is 21.5. The Kier molecular flexibility index (Phi) is 7.32. The Morgan fingerprint density at radius 1 is 1.00 bits per heavy atom. The molecule has 3 N–H and O–H groups in total. The second-order valence-corrected chi connectivity index (χ2v) is 8.02. The lowest BCUT2D eigenvalue weighted by Gasteiger charge is -2.20. The quantitative estimate of drug-likeness (QED) is 0.498. The van der Waals surface area contributed by atoms with Crippen LogP contribution in [-0.2, 0) is 11.3 Å². The summed E-state index contributed by atoms with van der Waals surface area (Å²) in [5.74, 6) is -0.741. The van der Waals surface area contributed by atoms with Crippen molar-refractivity contribution in [3.8, 4) is 0 Å². The number of halogens is 1. The molecule has 0 aliphatic heterocycles. The van der Waals surface area contributed by atoms with E-state index in [0.717, 1.165) is 10.4 Å². The summed E-state index contributed by atoms with van der Waals surface area (Å²) in [5.41, 5.74) is 2.02. The van der Waals surface area contributed by atoms with Gasteiger partial charge in [0, 0.05) is 22.2 Å². The lowest BCUT2D eigenvalue weighted by molar-refractivity contribution is -0.123. The smallest absolute Gasteiger partial charge is 0.255 e. The highest BCUT2D eigenvalue weighted by Crippen LogP contribution is 2.17. The van der Waals surface area contributed by atoms with Gasteiger partial charge in [0.2, 0.25) is 5.91 Å². The average Bonchev–Trinajstić information content (AvgIpc) is 3.26. The third-order valence-electron chi connectivity index (χ3n) is 4.69. The van der Waals surface area contributed by atoms with Gasteiger partial charge in [0.25, 0.3) is 5.91 Å². The van der Waals surface area contributed by atoms with E-state index in [-0.39, 0.29) is 29.7 Å². The molecule has 2 amide bonds. The number of nitrogens with one attached hydrogen (secondary N) is 3. The minimum absolute atomic E-state index is 0.0469. The zero-order valence-electron chi connectivity index (χ0n) is 16.8. The van der Waals surface area contributed by atoms with Crippen molar-refractivity contribution in [3.63, 3.8) is 0 Å². The number of carbonyl (C=O) groups excluding carboxylic acids is 2. The highest BCUT2D eigenvalue weighted by Gasteiger charge is 2.16. The second kappa shape index (κ2) is 10.1. The van der Waals surface area contributed by atoms with Crippen molar-refractivity contribution in [2.45, 2.75) is 32.5 Å². The Bertz CT molecular complexity index is 973. The first-order chi connectivity index (χ1) is 14.4. The van der Waals surface area contributed by atoms with Gasteiger partial charge in [-0.05, 0) is 67.3 Å². The maximum Gasteiger partial charge on any atom is 0.255 e. The van der Waals surface area contributed by atoms with E-state index in [1.807, 2.05) is 43.5 Å². The fourth-order valence-corrected chi connectivity index (χ4v) is 3.59. The number of amides is 2. The molecule has 0 aliphatic carbocycles. The van der Waals surface area contributed by atoms with Crippen LogP contribution in [0, 0.1) is 5.82 Å². The SMILES string of the molecule is CC(NC(C)c1ccc(NC(=O)c2ccc(F)cc2)cc1)C(=O)NCc1cccs1. The van der Waals surface area contributed by atoms with Gasteiger partial charge < -0.3 is 10.6 Å². The van der Waals surface area contributed by atoms with E-state index in [1.165, 1.54) is 24.3 Å². The lowest BCUT2D eigenvalue weighted by Crippen LogP contribution is -2.42. The predicted molar refractivity (Wildman–Crippen MR) is 118 cm³/mol. The summed E-state index contributed by atoms with van der Waals surface area (Å²) in [6.45, 7) is 4.34. The molecular weight excluding hydrogens is 401 g/mol. The van der Waals surface area contributed by atoms with Gasteiger partial charge in [-0.1, -0.05) is 18.2 Å². The van der Waals surface area contributed by atoms with Crippen LogP contribution in [-0.4, -0.2) is 17.9 Å². The van der Waals surface area contributed by atoms with Crippen LogP contribution < -0.4 is 16.0 Å². The van der Waals surface area contributed by atoms with Crippen LogP contribution in [0.1, 0.15) is 40.7 Å². The fraction of sp³-hybridized carbons (Fsp3) is 0.217. The Morgan fingerprint density at radius 2 is 1.70 bits per heavy atom. The molecule has 2 unspecified atom stereocenters. The normalized spacial score (nSPS) is 12.8. The molecular formula is C23H24FN3O2S. The van der Waals surface area contributed by atoms with Crippen molar-refractivity contribution in [3.05, 3.63) is 87.9 Å². The average molecular weight is 426 g/mol. The number of hydrogen-bond donors (Lipinski definition) is 3. The molecule has 1 heterocycles. The number of thiophene rings is 1. The van der Waals surface area contributed by atoms with Crippen molar-refractivity contribution in [2.75, 3.05) is 5.32 Å². The summed E-state index contributed by atoms with van der Waals surface area (Å²) in [6.07, 6.45) is 0. The van der Waals surface area contributed by atoms with Crippen LogP contribution in [0.25, 0.3) is 0 Å². The molecule has 30 heavy (non-hydrogen) atoms. The van der Waals surface area contributed by atoms with E-state index in [2.05, 4.69) is 16.0 Å². The molecule has 1 aromatic heterocycles. The molecule has 0 spiro atoms. The Balaban J connectivity index is 1.51. The van der Waals surface area contributed by atoms with Gasteiger partial charge in [0.1, 0.15) is 5.82 Å². The molecule has 3 rings (SSSR count). The third-order valence-corrected chi connectivity index (χ3v) is 5.56. The Hall–Kier alpha value is -3.03. The number of benzene rings is 2. The zero-order valence-corrected chi connectivity index (χ0v) is 17.6. The van der Waals surface area contributed by atoms with E-state index < -0.39 is 0 Å². The van der Waals surface area contributed by atoms with E-state index in [1.54, 1.807) is 23.5 Å². The van der Waals surface area contributed by atoms with Crippen LogP contribution in [0.4, 0.5) is 10.1 Å². The largest absolute Gasteiger partial charge is 0.350 e. The third kappa shape index (κ3) is 5.98. The molecule has 0 fully saturated rings. The molecule has 0 radical (unpaired) electrons. The number of carbonyl (C=O) groups is 2. The fourth-order valence-electron chi connectivity index (χ4n) is 2.95. The van der Waals surface area contributed by atoms with Gasteiger partial charge in [-0.15, -0.1) is 11.3 Å². The summed E-state index contributed by atoms with van der Waals surface area (Å²) in [7, 11) is 0. The van der Waals surface area contributed by atoms with Crippen molar-refractivity contribution in [2.24, 2.45) is 0 Å². The van der Waals surface area contributed by atoms with Crippen LogP contribution in [0.5, 0.6) is 0 Å². The molecule has 0 saturated carbocycles. The molecule has 0 aliphatic rings. The van der Waals surface area contributed by atoms with Gasteiger partial charge in [-0.25, -0.2) is 4.39 Å². The molecule has 7 heteroatoms. The standard InChI is InChI=1S/C23H24FN3O2S/c1-15(26-16(2)22(28)25-14-21-4-3-13-30-21)17-7-11-20(12-8-17)27-23(29)18-5-9-19(24)10-6-18/h3-13,15-16,26H,14H2,1-2H3,(H,25,28)(H,27,29). The summed E-state index contributed by atoms with van der Waals surface area (Å²) in [5, 5.41) is 11.0. The monoisotopic (exact) mass is 425 g/mol. The molecule has 0 bridgehead atoms. The molecule has 3 aromatic rings. The van der Waals surface area contributed by atoms with E-state index in [0.29, 0.717) is 17.8 Å². The summed E-state index contributed by atoms with van der Waals surface area (Å²) >= 11 is 1.61. The predicted octanol–water partition coefficient (Wildman–Crippen LogP) is 4.50. The Morgan fingerprint density at radius 3 is 2.33 bits per heavy atom. The van der Waals surface area contributed by atoms with Crippen molar-refractivity contribution < 1.29 is 14.0 Å². The van der Waals surface area contributed by atoms with Crippen molar-refractivity contribution in [1.29, 1.82) is 0 Å². The first-order valence-corrected chi connectivity index (χ1v) is 10.5. The molecule has 0 saturated heterocycles. The number of rotatable bonds is 8. The number of anilines is 1. The maximum atomic E-state index is 13.0. The summed E-state index contributed by atoms with van der Waals surface area (Å²) in [6, 6.07) is 16.3. The topological polar surface area (TPSA) is 70.2 Å². The van der Waals surface area contributed by atoms with Crippen molar-refractivity contribution in [1.82, 2.24) is 10.6 Å². The minimum atomic E-state index is -0.383. The highest BCUT2D eigenvalue weighted by atomic mass is 32.1. The van der Waals surface area contributed by atoms with Gasteiger partial charge in [-0.2, -0.15) is 0 Å². The van der Waals surface area contributed by atoms with E-state index in [4.69, 9.17) is 0 Å². The summed E-state index contributed by atoms with van der Waals surface area (Å²) < 4.78 is 13.0. The van der Waals surface area contributed by atoms with Crippen LogP contribution in [0.3, 0.4) is 0 Å². The van der Waals surface area contributed by atoms with Crippen LogP contribution >= 0.6 is 11.3 Å². The molecule has 5 nitrogen and oxygen atoms in total. The van der Waals surface area contributed by atoms with Gasteiger partial charge in [0.15, 0.2) is 0 Å². The second-order valence-electron chi connectivity index (χ2n) is 6.99. The highest BCUT2D eigenvalue weighted by molar-refractivity contribution is 7.09. The molecule has 156 valence electrons. The first kappa shape index (κ1) is 21.7. The summed E-state index contributed by atoms with van der Waals surface area (Å²) in [4.78, 5) is 25.6. The Labute approximate surface area is 179 Å². The first-order valence-electron chi connectivity index (χ1n) is 9.65. The minimum Gasteiger partial charge on any atom is -0.350 e. The van der Waals surface area contributed by atoms with Crippen molar-refractivity contribution >= 4 is 28.8 Å². The van der Waals surface area contributed by atoms with E-state index >= 15 is 0 Å². The maximum absolute atomic E-state index is 13.0. The molecule has 2 aromatic carbocycles. The molecule has 2 atom stereocenters. The van der Waals surface area contributed by atoms with Crippen LogP contribution in [0.15, 0.2) is 66.0 Å². The van der Waals surface area contributed by atoms with Crippen LogP contribution in [0.2, 0.25) is 0 Å². The van der Waals surface area contributed by atoms with Gasteiger partial charge in [-0.3, -0.25) is 14.9 Å². The number of hydrogen-bond acceptors (Lipinski definition) is 4. The lowest BCUT2D eigenvalue weighted by atomic mass is 10.1. The van der Waals surface area contributed by atoms with E-state index in [9.17, 15) is 14.0 Å².